The topological polar surface area (TPSA) is 44.5 Å². The second kappa shape index (κ2) is 6.03. The van der Waals surface area contributed by atoms with Crippen molar-refractivity contribution in [3.8, 4) is 11.5 Å². The summed E-state index contributed by atoms with van der Waals surface area (Å²) in [4.78, 5) is 0.389. The molecule has 0 atom stereocenters. The van der Waals surface area contributed by atoms with Crippen molar-refractivity contribution in [1.29, 1.82) is 0 Å². The number of ether oxygens (including phenoxy) is 2. The molecule has 2 aromatic carbocycles. The maximum absolute atomic E-state index is 5.82. The molecule has 0 saturated carbocycles. The zero-order valence-electron chi connectivity index (χ0n) is 11.3. The van der Waals surface area contributed by atoms with Crippen LogP contribution in [0, 0.1) is 0 Å². The lowest BCUT2D eigenvalue weighted by Crippen LogP contribution is -2.08. The summed E-state index contributed by atoms with van der Waals surface area (Å²) in [7, 11) is 0. The molecule has 0 bridgehead atoms. The van der Waals surface area contributed by atoms with Crippen LogP contribution in [-0.4, -0.2) is 11.6 Å². The van der Waals surface area contributed by atoms with Crippen LogP contribution in [0.3, 0.4) is 0 Å². The highest BCUT2D eigenvalue weighted by Crippen LogP contribution is 2.33. The van der Waals surface area contributed by atoms with Gasteiger partial charge in [-0.2, -0.15) is 0 Å². The predicted octanol–water partition coefficient (Wildman–Crippen LogP) is 3.60. The van der Waals surface area contributed by atoms with Crippen molar-refractivity contribution in [3.05, 3.63) is 57.6 Å². The Balaban J connectivity index is 1.75. The Morgan fingerprint density at radius 1 is 1.29 bits per heavy atom. The minimum Gasteiger partial charge on any atom is -0.493 e. The quantitative estimate of drug-likeness (QED) is 0.842. The van der Waals surface area contributed by atoms with Gasteiger partial charge >= 0.3 is 0 Å². The largest absolute Gasteiger partial charge is 0.493 e. The van der Waals surface area contributed by atoms with E-state index in [0.717, 1.165) is 40.1 Å². The number of fused-ring (bicyclic) bond motifs is 1. The van der Waals surface area contributed by atoms with Crippen LogP contribution in [0.25, 0.3) is 0 Å². The van der Waals surface area contributed by atoms with E-state index in [2.05, 4.69) is 22.0 Å². The molecule has 108 valence electrons. The van der Waals surface area contributed by atoms with Crippen LogP contribution in [0.5, 0.6) is 11.5 Å². The van der Waals surface area contributed by atoms with E-state index in [-0.39, 0.29) is 0 Å². The van der Waals surface area contributed by atoms with E-state index < -0.39 is 0 Å². The Kier molecular flexibility index (Phi) is 4.12. The first-order valence-corrected chi connectivity index (χ1v) is 7.80. The van der Waals surface area contributed by atoms with Crippen molar-refractivity contribution in [3.63, 3.8) is 0 Å². The number of hydrogen-bond acceptors (Lipinski definition) is 3. The number of rotatable bonds is 4. The summed E-state index contributed by atoms with van der Waals surface area (Å²) in [6, 6.07) is 11.6. The van der Waals surface area contributed by atoms with Crippen LogP contribution in [0.1, 0.15) is 16.7 Å². The van der Waals surface area contributed by atoms with E-state index in [0.29, 0.717) is 11.6 Å². The third kappa shape index (κ3) is 3.19. The van der Waals surface area contributed by atoms with Crippen LogP contribution in [-0.2, 0) is 13.0 Å². The van der Waals surface area contributed by atoms with Crippen molar-refractivity contribution in [2.75, 3.05) is 6.61 Å². The number of hydrogen-bond donors (Lipinski definition) is 1. The minimum atomic E-state index is 0.389. The molecule has 0 spiro atoms. The Hall–Kier alpha value is -1.59. The lowest BCUT2D eigenvalue weighted by Gasteiger charge is -2.11. The lowest BCUT2D eigenvalue weighted by molar-refractivity contribution is 0.292. The molecule has 0 aromatic heterocycles. The summed E-state index contributed by atoms with van der Waals surface area (Å²) in [5.41, 5.74) is 8.69. The van der Waals surface area contributed by atoms with Crippen molar-refractivity contribution < 1.29 is 9.47 Å². The fourth-order valence-electron chi connectivity index (χ4n) is 2.33. The second-order valence-electron chi connectivity index (χ2n) is 4.83. The Morgan fingerprint density at radius 2 is 2.05 bits per heavy atom. The Bertz CT molecular complexity index is 685. The molecule has 5 heteroatoms. The van der Waals surface area contributed by atoms with Gasteiger partial charge in [-0.05, 0) is 42.0 Å². The summed E-state index contributed by atoms with van der Waals surface area (Å²) in [6.07, 6.45) is 0.949. The van der Waals surface area contributed by atoms with Crippen LogP contribution in [0.2, 0.25) is 0 Å². The van der Waals surface area contributed by atoms with Gasteiger partial charge in [0.05, 0.1) is 6.61 Å². The Morgan fingerprint density at radius 3 is 2.76 bits per heavy atom. The van der Waals surface area contributed by atoms with E-state index in [1.54, 1.807) is 0 Å². The third-order valence-electron chi connectivity index (χ3n) is 3.36. The van der Waals surface area contributed by atoms with E-state index in [1.165, 1.54) is 5.56 Å². The van der Waals surface area contributed by atoms with Gasteiger partial charge in [0.2, 0.25) is 0 Å². The molecule has 3 rings (SSSR count). The zero-order chi connectivity index (χ0) is 14.8. The minimum absolute atomic E-state index is 0.389. The molecule has 1 aliphatic rings. The maximum atomic E-state index is 5.82. The second-order valence-corrected chi connectivity index (χ2v) is 6.18. The average Bonchev–Trinajstić information content (AvgIpc) is 2.93. The van der Waals surface area contributed by atoms with Gasteiger partial charge in [-0.1, -0.05) is 28.1 Å². The molecule has 0 aliphatic carbocycles. The highest BCUT2D eigenvalue weighted by atomic mass is 79.9. The fourth-order valence-corrected chi connectivity index (χ4v) is 3.02. The number of halogens is 1. The summed E-state index contributed by atoms with van der Waals surface area (Å²) in [5, 5.41) is 0. The molecular weight excluding hydrogens is 350 g/mol. The standard InChI is InChI=1S/C16H14BrNO2S/c17-13-7-11-5-6-19-15(11)12(8-13)9-20-14-3-1-10(2-4-14)16(18)21/h1-4,7-8H,5-6,9H2,(H2,18,21). The van der Waals surface area contributed by atoms with Gasteiger partial charge in [-0.3, -0.25) is 0 Å². The molecule has 21 heavy (non-hydrogen) atoms. The Labute approximate surface area is 137 Å². The van der Waals surface area contributed by atoms with Crippen molar-refractivity contribution >= 4 is 33.1 Å². The molecule has 0 saturated heterocycles. The summed E-state index contributed by atoms with van der Waals surface area (Å²) in [6.45, 7) is 1.20. The van der Waals surface area contributed by atoms with Gasteiger partial charge in [-0.15, -0.1) is 0 Å². The number of benzene rings is 2. The van der Waals surface area contributed by atoms with Crippen LogP contribution in [0.4, 0.5) is 0 Å². The highest BCUT2D eigenvalue weighted by molar-refractivity contribution is 9.10. The molecule has 3 nitrogen and oxygen atoms in total. The van der Waals surface area contributed by atoms with Gasteiger partial charge in [0.25, 0.3) is 0 Å². The smallest absolute Gasteiger partial charge is 0.129 e. The van der Waals surface area contributed by atoms with E-state index >= 15 is 0 Å². The summed E-state index contributed by atoms with van der Waals surface area (Å²) < 4.78 is 12.6. The number of nitrogens with two attached hydrogens (primary N) is 1. The molecule has 0 unspecified atom stereocenters. The molecule has 1 heterocycles. The van der Waals surface area contributed by atoms with Crippen LogP contribution >= 0.6 is 28.1 Å². The molecular formula is C16H14BrNO2S. The zero-order valence-corrected chi connectivity index (χ0v) is 13.7. The normalized spacial score (nSPS) is 12.6. The molecule has 1 aliphatic heterocycles. The van der Waals surface area contributed by atoms with Crippen molar-refractivity contribution in [2.45, 2.75) is 13.0 Å². The van der Waals surface area contributed by atoms with Gasteiger partial charge < -0.3 is 15.2 Å². The maximum Gasteiger partial charge on any atom is 0.129 e. The third-order valence-corrected chi connectivity index (χ3v) is 4.05. The van der Waals surface area contributed by atoms with Crippen molar-refractivity contribution in [1.82, 2.24) is 0 Å². The van der Waals surface area contributed by atoms with E-state index in [4.69, 9.17) is 27.4 Å². The van der Waals surface area contributed by atoms with Crippen LogP contribution in [0.15, 0.2) is 40.9 Å². The first kappa shape index (κ1) is 14.4. The van der Waals surface area contributed by atoms with E-state index in [9.17, 15) is 0 Å². The van der Waals surface area contributed by atoms with Crippen molar-refractivity contribution in [2.24, 2.45) is 5.73 Å². The summed E-state index contributed by atoms with van der Waals surface area (Å²) in [5.74, 6) is 1.74. The van der Waals surface area contributed by atoms with Gasteiger partial charge in [0.1, 0.15) is 23.1 Å². The van der Waals surface area contributed by atoms with Crippen LogP contribution < -0.4 is 15.2 Å². The van der Waals surface area contributed by atoms with E-state index in [1.807, 2.05) is 30.3 Å². The SMILES string of the molecule is NC(=S)c1ccc(OCc2cc(Br)cc3c2OCC3)cc1. The molecule has 0 radical (unpaired) electrons. The lowest BCUT2D eigenvalue weighted by atomic mass is 10.1. The number of thiocarbonyl (C=S) groups is 1. The monoisotopic (exact) mass is 363 g/mol. The fraction of sp³-hybridized carbons (Fsp3) is 0.188. The first-order chi connectivity index (χ1) is 10.1. The molecule has 2 N–H and O–H groups in total. The first-order valence-electron chi connectivity index (χ1n) is 6.60. The average molecular weight is 364 g/mol. The van der Waals surface area contributed by atoms with Gasteiger partial charge in [-0.25, -0.2) is 0 Å². The summed E-state index contributed by atoms with van der Waals surface area (Å²) >= 11 is 8.46. The molecule has 0 amide bonds. The predicted molar refractivity (Wildman–Crippen MR) is 90.0 cm³/mol. The molecule has 2 aromatic rings. The highest BCUT2D eigenvalue weighted by Gasteiger charge is 2.17. The van der Waals surface area contributed by atoms with Gasteiger partial charge in [0.15, 0.2) is 0 Å². The molecule has 0 fully saturated rings. The van der Waals surface area contributed by atoms with Gasteiger partial charge in [0, 0.05) is 22.0 Å².